The third kappa shape index (κ3) is 2.41. The summed E-state index contributed by atoms with van der Waals surface area (Å²) in [7, 11) is 1.29. The van der Waals surface area contributed by atoms with Crippen LogP contribution in [0.2, 0.25) is 0 Å². The van der Waals surface area contributed by atoms with E-state index in [1.165, 1.54) is 19.2 Å². The highest BCUT2D eigenvalue weighted by Crippen LogP contribution is 2.27. The molecule has 6 nitrogen and oxygen atoms in total. The maximum atomic E-state index is 10.8. The first kappa shape index (κ1) is 12.7. The summed E-state index contributed by atoms with van der Waals surface area (Å²) in [6, 6.07) is 4.11. The van der Waals surface area contributed by atoms with E-state index < -0.39 is 12.1 Å². The molecule has 1 aromatic carbocycles. The Bertz CT molecular complexity index is 503. The topological polar surface area (TPSA) is 108 Å². The van der Waals surface area contributed by atoms with Crippen molar-refractivity contribution in [3.05, 3.63) is 28.8 Å². The number of aliphatic hydroxyl groups excluding tert-OH is 1. The molecule has 0 heterocycles. The van der Waals surface area contributed by atoms with Gasteiger partial charge in [0.1, 0.15) is 11.8 Å². The summed E-state index contributed by atoms with van der Waals surface area (Å²) < 4.78 is 4.87. The Kier molecular flexibility index (Phi) is 3.80. The quantitative estimate of drug-likeness (QED) is 0.735. The Morgan fingerprint density at radius 3 is 2.65 bits per heavy atom. The minimum Gasteiger partial charge on any atom is -0.495 e. The summed E-state index contributed by atoms with van der Waals surface area (Å²) in [5.74, 6) is -1.40. The lowest BCUT2D eigenvalue weighted by Gasteiger charge is -2.11. The largest absolute Gasteiger partial charge is 0.495 e. The Hall–Kier alpha value is -2.39. The van der Waals surface area contributed by atoms with Crippen LogP contribution in [0.4, 0.5) is 0 Å². The molecule has 0 bridgehead atoms. The molecule has 17 heavy (non-hydrogen) atoms. The number of aliphatic carboxylic acids is 1. The lowest BCUT2D eigenvalue weighted by atomic mass is 10.0. The van der Waals surface area contributed by atoms with E-state index in [2.05, 4.69) is 0 Å². The number of hydrogen-bond acceptors (Lipinski definition) is 5. The average molecular weight is 235 g/mol. The molecule has 0 spiro atoms. The predicted molar refractivity (Wildman–Crippen MR) is 55.7 cm³/mol. The number of hydrogen-bond donors (Lipinski definition) is 2. The van der Waals surface area contributed by atoms with Crippen LogP contribution >= 0.6 is 0 Å². The fraction of sp³-hybridized carbons (Fsp3) is 0.182. The normalized spacial score (nSPS) is 11.4. The second-order valence-corrected chi connectivity index (χ2v) is 3.16. The van der Waals surface area contributed by atoms with E-state index in [9.17, 15) is 14.7 Å². The number of carboxylic acid groups (broad SMARTS) is 1. The minimum absolute atomic E-state index is 0.00704. The van der Waals surface area contributed by atoms with E-state index in [1.54, 1.807) is 6.07 Å². The molecule has 0 radical (unpaired) electrons. The third-order valence-electron chi connectivity index (χ3n) is 2.14. The van der Waals surface area contributed by atoms with Crippen LogP contribution in [0, 0.1) is 11.3 Å². The summed E-state index contributed by atoms with van der Waals surface area (Å²) in [5, 5.41) is 26.8. The van der Waals surface area contributed by atoms with Gasteiger partial charge in [-0.3, -0.25) is 4.79 Å². The Labute approximate surface area is 96.7 Å². The summed E-state index contributed by atoms with van der Waals surface area (Å²) in [6.45, 7) is 0. The van der Waals surface area contributed by atoms with E-state index in [-0.39, 0.29) is 22.4 Å². The van der Waals surface area contributed by atoms with Crippen molar-refractivity contribution in [1.82, 2.24) is 0 Å². The first-order valence-electron chi connectivity index (χ1n) is 4.53. The van der Waals surface area contributed by atoms with Crippen LogP contribution in [0.15, 0.2) is 12.1 Å². The Balaban J connectivity index is 3.43. The van der Waals surface area contributed by atoms with E-state index in [0.29, 0.717) is 6.29 Å². The van der Waals surface area contributed by atoms with Crippen molar-refractivity contribution in [2.24, 2.45) is 0 Å². The van der Waals surface area contributed by atoms with E-state index >= 15 is 0 Å². The van der Waals surface area contributed by atoms with Gasteiger partial charge >= 0.3 is 5.97 Å². The average Bonchev–Trinajstić information content (AvgIpc) is 2.35. The molecule has 0 aliphatic rings. The highest BCUT2D eigenvalue weighted by atomic mass is 16.5. The van der Waals surface area contributed by atoms with Crippen LogP contribution in [0.5, 0.6) is 5.75 Å². The van der Waals surface area contributed by atoms with Crippen molar-refractivity contribution in [2.45, 2.75) is 6.10 Å². The standard InChI is InChI=1S/C11H9NO5/c1-17-10-7(4-12)2-6(3-8(10)5-13)9(14)11(15)16/h2-3,5,9,14H,1H3,(H,15,16). The number of carboxylic acids is 1. The van der Waals surface area contributed by atoms with Crippen LogP contribution in [0.25, 0.3) is 0 Å². The number of ether oxygens (including phenoxy) is 1. The molecular formula is C11H9NO5. The fourth-order valence-corrected chi connectivity index (χ4v) is 1.37. The number of carbonyl (C=O) groups excluding carboxylic acids is 1. The Morgan fingerprint density at radius 1 is 1.59 bits per heavy atom. The maximum Gasteiger partial charge on any atom is 0.337 e. The SMILES string of the molecule is COc1c(C#N)cc(C(O)C(=O)O)cc1C=O. The molecule has 0 fully saturated rings. The van der Waals surface area contributed by atoms with Crippen LogP contribution in [0.1, 0.15) is 27.6 Å². The van der Waals surface area contributed by atoms with Gasteiger partial charge in [0.15, 0.2) is 12.4 Å². The van der Waals surface area contributed by atoms with Crippen molar-refractivity contribution in [3.63, 3.8) is 0 Å². The molecule has 2 N–H and O–H groups in total. The molecule has 0 aliphatic heterocycles. The monoisotopic (exact) mass is 235 g/mol. The number of carbonyl (C=O) groups is 2. The van der Waals surface area contributed by atoms with Gasteiger partial charge in [-0.25, -0.2) is 4.79 Å². The van der Waals surface area contributed by atoms with Crippen molar-refractivity contribution in [2.75, 3.05) is 7.11 Å². The first-order valence-corrected chi connectivity index (χ1v) is 4.53. The van der Waals surface area contributed by atoms with Crippen molar-refractivity contribution in [3.8, 4) is 11.8 Å². The van der Waals surface area contributed by atoms with Gasteiger partial charge in [0.25, 0.3) is 0 Å². The zero-order valence-corrected chi connectivity index (χ0v) is 8.88. The van der Waals surface area contributed by atoms with E-state index in [4.69, 9.17) is 15.1 Å². The second kappa shape index (κ2) is 5.09. The van der Waals surface area contributed by atoms with E-state index in [0.717, 1.165) is 0 Å². The molecule has 0 aliphatic carbocycles. The molecule has 0 aromatic heterocycles. The van der Waals surface area contributed by atoms with Crippen molar-refractivity contribution < 1.29 is 24.5 Å². The molecule has 0 saturated heterocycles. The number of rotatable bonds is 4. The first-order chi connectivity index (χ1) is 8.04. The molecule has 0 amide bonds. The van der Waals surface area contributed by atoms with E-state index in [1.807, 2.05) is 0 Å². The van der Waals surface area contributed by atoms with Crippen molar-refractivity contribution in [1.29, 1.82) is 5.26 Å². The second-order valence-electron chi connectivity index (χ2n) is 3.16. The molecule has 1 atom stereocenters. The lowest BCUT2D eigenvalue weighted by Crippen LogP contribution is -2.11. The maximum absolute atomic E-state index is 10.8. The molecule has 1 unspecified atom stereocenters. The minimum atomic E-state index is -1.79. The predicted octanol–water partition coefficient (Wildman–Crippen LogP) is 0.497. The number of nitrogens with zero attached hydrogens (tertiary/aromatic N) is 1. The summed E-state index contributed by atoms with van der Waals surface area (Å²) in [4.78, 5) is 21.4. The number of aldehydes is 1. The molecule has 0 saturated carbocycles. The smallest absolute Gasteiger partial charge is 0.337 e. The van der Waals surface area contributed by atoms with Crippen LogP contribution in [0.3, 0.4) is 0 Å². The lowest BCUT2D eigenvalue weighted by molar-refractivity contribution is -0.146. The summed E-state index contributed by atoms with van der Waals surface area (Å²) >= 11 is 0. The molecule has 1 aromatic rings. The summed E-state index contributed by atoms with van der Waals surface area (Å²) in [5.41, 5.74) is -0.0359. The molecule has 6 heteroatoms. The van der Waals surface area contributed by atoms with Gasteiger partial charge < -0.3 is 14.9 Å². The zero-order chi connectivity index (χ0) is 13.0. The van der Waals surface area contributed by atoms with Crippen molar-refractivity contribution >= 4 is 12.3 Å². The highest BCUT2D eigenvalue weighted by Gasteiger charge is 2.20. The van der Waals surface area contributed by atoms with Gasteiger partial charge in [0.05, 0.1) is 18.2 Å². The van der Waals surface area contributed by atoms with Gasteiger partial charge in [0.2, 0.25) is 0 Å². The number of aliphatic hydroxyl groups is 1. The molecular weight excluding hydrogens is 226 g/mol. The van der Waals surface area contributed by atoms with Gasteiger partial charge in [-0.15, -0.1) is 0 Å². The number of methoxy groups -OCH3 is 1. The zero-order valence-electron chi connectivity index (χ0n) is 8.88. The number of benzene rings is 1. The van der Waals surface area contributed by atoms with Crippen LogP contribution in [-0.4, -0.2) is 29.6 Å². The molecule has 88 valence electrons. The van der Waals surface area contributed by atoms with Gasteiger partial charge in [0, 0.05) is 0 Å². The summed E-state index contributed by atoms with van der Waals surface area (Å²) in [6.07, 6.45) is -1.36. The third-order valence-corrected chi connectivity index (χ3v) is 2.14. The highest BCUT2D eigenvalue weighted by molar-refractivity contribution is 5.83. The van der Waals surface area contributed by atoms with Crippen LogP contribution in [-0.2, 0) is 4.79 Å². The fourth-order valence-electron chi connectivity index (χ4n) is 1.37. The van der Waals surface area contributed by atoms with Gasteiger partial charge in [-0.1, -0.05) is 0 Å². The number of nitriles is 1. The Morgan fingerprint density at radius 2 is 2.24 bits per heavy atom. The molecule has 1 rings (SSSR count). The van der Waals surface area contributed by atoms with Gasteiger partial charge in [-0.2, -0.15) is 5.26 Å². The van der Waals surface area contributed by atoms with Gasteiger partial charge in [-0.05, 0) is 17.7 Å². The van der Waals surface area contributed by atoms with Crippen LogP contribution < -0.4 is 4.74 Å².